The molecule has 0 aliphatic carbocycles. The third-order valence-corrected chi connectivity index (χ3v) is 3.09. The van der Waals surface area contributed by atoms with E-state index in [0.29, 0.717) is 0 Å². The lowest BCUT2D eigenvalue weighted by Gasteiger charge is -2.00. The predicted molar refractivity (Wildman–Crippen MR) is 78.4 cm³/mol. The lowest BCUT2D eigenvalue weighted by Crippen LogP contribution is -1.90. The van der Waals surface area contributed by atoms with Gasteiger partial charge in [0.05, 0.1) is 0 Å². The quantitative estimate of drug-likeness (QED) is 0.856. The number of phenolic OH excluding ortho intramolecular Hbond substituents is 1. The summed E-state index contributed by atoms with van der Waals surface area (Å²) < 4.78 is 0.935. The maximum atomic E-state index is 9.64. The fraction of sp³-hybridized carbons (Fsp3) is 0.133. The molecule has 0 saturated heterocycles. The van der Waals surface area contributed by atoms with E-state index in [9.17, 15) is 5.11 Å². The standard InChI is InChI=1S/C15H14BrNO/c16-14-6-7-15(18)13(10-14)11-17-9-8-12-4-2-1-3-5-12/h1-7,10-11,18H,8-9H2. The van der Waals surface area contributed by atoms with Crippen molar-refractivity contribution in [2.24, 2.45) is 4.99 Å². The summed E-state index contributed by atoms with van der Waals surface area (Å²) in [6, 6.07) is 15.5. The summed E-state index contributed by atoms with van der Waals surface area (Å²) in [7, 11) is 0. The SMILES string of the molecule is Oc1ccc(Br)cc1C=NCCc1ccccc1. The van der Waals surface area contributed by atoms with Crippen LogP contribution in [-0.2, 0) is 6.42 Å². The van der Waals surface area contributed by atoms with Crippen LogP contribution < -0.4 is 0 Å². The summed E-state index contributed by atoms with van der Waals surface area (Å²) in [5, 5.41) is 9.64. The van der Waals surface area contributed by atoms with Gasteiger partial charge in [0.15, 0.2) is 0 Å². The molecule has 0 saturated carbocycles. The summed E-state index contributed by atoms with van der Waals surface area (Å²) in [6.45, 7) is 0.718. The van der Waals surface area contributed by atoms with E-state index in [1.807, 2.05) is 24.3 Å². The molecule has 0 aliphatic heterocycles. The molecule has 0 atom stereocenters. The molecule has 2 nitrogen and oxygen atoms in total. The van der Waals surface area contributed by atoms with Gasteiger partial charge in [-0.05, 0) is 30.2 Å². The third kappa shape index (κ3) is 3.70. The highest BCUT2D eigenvalue weighted by Gasteiger charge is 1.98. The molecule has 0 amide bonds. The molecule has 2 rings (SSSR count). The molecule has 0 unspecified atom stereocenters. The highest BCUT2D eigenvalue weighted by molar-refractivity contribution is 9.10. The molecule has 0 heterocycles. The number of hydrogen-bond donors (Lipinski definition) is 1. The number of aromatic hydroxyl groups is 1. The number of nitrogens with zero attached hydrogens (tertiary/aromatic N) is 1. The Morgan fingerprint density at radius 1 is 1.11 bits per heavy atom. The van der Waals surface area contributed by atoms with E-state index < -0.39 is 0 Å². The average Bonchev–Trinajstić information content (AvgIpc) is 2.40. The monoisotopic (exact) mass is 303 g/mol. The first-order chi connectivity index (χ1) is 8.75. The molecule has 1 N–H and O–H groups in total. The molecule has 2 aromatic rings. The van der Waals surface area contributed by atoms with Crippen LogP contribution >= 0.6 is 15.9 Å². The largest absolute Gasteiger partial charge is 0.507 e. The third-order valence-electron chi connectivity index (χ3n) is 2.59. The van der Waals surface area contributed by atoms with E-state index in [0.717, 1.165) is 23.0 Å². The topological polar surface area (TPSA) is 32.6 Å². The van der Waals surface area contributed by atoms with Crippen molar-refractivity contribution in [3.05, 3.63) is 64.1 Å². The molecule has 0 spiro atoms. The normalized spacial score (nSPS) is 10.9. The van der Waals surface area contributed by atoms with Crippen molar-refractivity contribution < 1.29 is 5.11 Å². The van der Waals surface area contributed by atoms with Crippen molar-refractivity contribution in [2.75, 3.05) is 6.54 Å². The summed E-state index contributed by atoms with van der Waals surface area (Å²) in [4.78, 5) is 4.33. The molecule has 0 fully saturated rings. The summed E-state index contributed by atoms with van der Waals surface area (Å²) in [5.74, 6) is 0.252. The van der Waals surface area contributed by atoms with Crippen molar-refractivity contribution in [2.45, 2.75) is 6.42 Å². The van der Waals surface area contributed by atoms with Crippen LogP contribution in [0.15, 0.2) is 58.0 Å². The Morgan fingerprint density at radius 2 is 1.89 bits per heavy atom. The van der Waals surface area contributed by atoms with E-state index in [1.54, 1.807) is 18.3 Å². The van der Waals surface area contributed by atoms with Gasteiger partial charge in [0.25, 0.3) is 0 Å². The first-order valence-electron chi connectivity index (χ1n) is 5.78. The van der Waals surface area contributed by atoms with Crippen molar-refractivity contribution in [1.29, 1.82) is 0 Å². The summed E-state index contributed by atoms with van der Waals surface area (Å²) >= 11 is 3.37. The fourth-order valence-electron chi connectivity index (χ4n) is 1.63. The van der Waals surface area contributed by atoms with Gasteiger partial charge in [-0.1, -0.05) is 46.3 Å². The van der Waals surface area contributed by atoms with E-state index in [2.05, 4.69) is 33.1 Å². The highest BCUT2D eigenvalue weighted by atomic mass is 79.9. The smallest absolute Gasteiger partial charge is 0.124 e. The number of benzene rings is 2. The van der Waals surface area contributed by atoms with Crippen LogP contribution in [0.25, 0.3) is 0 Å². The van der Waals surface area contributed by atoms with Gasteiger partial charge in [0, 0.05) is 22.8 Å². The van der Waals surface area contributed by atoms with Crippen LogP contribution in [0.2, 0.25) is 0 Å². The van der Waals surface area contributed by atoms with Gasteiger partial charge in [0.1, 0.15) is 5.75 Å². The van der Waals surface area contributed by atoms with Gasteiger partial charge in [0.2, 0.25) is 0 Å². The van der Waals surface area contributed by atoms with Crippen LogP contribution in [-0.4, -0.2) is 17.9 Å². The molecular formula is C15H14BrNO. The average molecular weight is 304 g/mol. The summed E-state index contributed by atoms with van der Waals surface area (Å²) in [6.07, 6.45) is 2.62. The predicted octanol–water partition coefficient (Wildman–Crippen LogP) is 3.82. The molecule has 0 radical (unpaired) electrons. The molecule has 18 heavy (non-hydrogen) atoms. The fourth-order valence-corrected chi connectivity index (χ4v) is 2.01. The highest BCUT2D eigenvalue weighted by Crippen LogP contribution is 2.20. The van der Waals surface area contributed by atoms with E-state index in [1.165, 1.54) is 5.56 Å². The van der Waals surface area contributed by atoms with Gasteiger partial charge in [-0.2, -0.15) is 0 Å². The second-order valence-corrected chi connectivity index (χ2v) is 4.89. The van der Waals surface area contributed by atoms with Gasteiger partial charge in [-0.3, -0.25) is 4.99 Å². The number of rotatable bonds is 4. The van der Waals surface area contributed by atoms with E-state index in [4.69, 9.17) is 0 Å². The zero-order valence-electron chi connectivity index (χ0n) is 9.88. The molecular weight excluding hydrogens is 290 g/mol. The number of halogens is 1. The number of phenols is 1. The number of aliphatic imine (C=N–C) groups is 1. The zero-order chi connectivity index (χ0) is 12.8. The second kappa shape index (κ2) is 6.36. The Labute approximate surface area is 115 Å². The van der Waals surface area contributed by atoms with Gasteiger partial charge in [-0.15, -0.1) is 0 Å². The Bertz CT molecular complexity index is 537. The van der Waals surface area contributed by atoms with Crippen molar-refractivity contribution >= 4 is 22.1 Å². The van der Waals surface area contributed by atoms with Crippen molar-refractivity contribution in [1.82, 2.24) is 0 Å². The van der Waals surface area contributed by atoms with Crippen LogP contribution in [0, 0.1) is 0 Å². The minimum atomic E-state index is 0.252. The lowest BCUT2D eigenvalue weighted by molar-refractivity contribution is 0.474. The second-order valence-electron chi connectivity index (χ2n) is 3.97. The molecule has 3 heteroatoms. The van der Waals surface area contributed by atoms with Crippen molar-refractivity contribution in [3.63, 3.8) is 0 Å². The molecule has 0 aromatic heterocycles. The maximum Gasteiger partial charge on any atom is 0.124 e. The van der Waals surface area contributed by atoms with Gasteiger partial charge < -0.3 is 5.11 Å². The first kappa shape index (κ1) is 12.8. The van der Waals surface area contributed by atoms with Gasteiger partial charge >= 0.3 is 0 Å². The molecule has 0 bridgehead atoms. The van der Waals surface area contributed by atoms with Crippen molar-refractivity contribution in [3.8, 4) is 5.75 Å². The lowest BCUT2D eigenvalue weighted by atomic mass is 10.1. The minimum absolute atomic E-state index is 0.252. The minimum Gasteiger partial charge on any atom is -0.507 e. The molecule has 0 aliphatic rings. The Kier molecular flexibility index (Phi) is 4.53. The van der Waals surface area contributed by atoms with E-state index >= 15 is 0 Å². The summed E-state index contributed by atoms with van der Waals surface area (Å²) in [5.41, 5.74) is 2.01. The Morgan fingerprint density at radius 3 is 2.67 bits per heavy atom. The molecule has 92 valence electrons. The Balaban J connectivity index is 1.94. The van der Waals surface area contributed by atoms with E-state index in [-0.39, 0.29) is 5.75 Å². The van der Waals surface area contributed by atoms with Gasteiger partial charge in [-0.25, -0.2) is 0 Å². The number of hydrogen-bond acceptors (Lipinski definition) is 2. The zero-order valence-corrected chi connectivity index (χ0v) is 11.5. The van der Waals surface area contributed by atoms with Crippen LogP contribution in [0.1, 0.15) is 11.1 Å². The Hall–Kier alpha value is -1.61. The van der Waals surface area contributed by atoms with Crippen LogP contribution in [0.5, 0.6) is 5.75 Å². The first-order valence-corrected chi connectivity index (χ1v) is 6.57. The van der Waals surface area contributed by atoms with Crippen LogP contribution in [0.4, 0.5) is 0 Å². The maximum absolute atomic E-state index is 9.64. The molecule has 2 aromatic carbocycles. The van der Waals surface area contributed by atoms with Crippen LogP contribution in [0.3, 0.4) is 0 Å².